The van der Waals surface area contributed by atoms with Crippen LogP contribution in [0.5, 0.6) is 0 Å². The summed E-state index contributed by atoms with van der Waals surface area (Å²) in [5, 5.41) is 9.68. The zero-order valence-electron chi connectivity index (χ0n) is 12.2. The molecule has 3 heteroatoms. The number of aliphatic hydroxyl groups is 1. The van der Waals surface area contributed by atoms with Crippen LogP contribution < -0.4 is 0 Å². The smallest absolute Gasteiger partial charge is 0.0557 e. The maximum atomic E-state index is 9.68. The minimum atomic E-state index is 0.0388. The van der Waals surface area contributed by atoms with E-state index in [4.69, 9.17) is 4.74 Å². The van der Waals surface area contributed by atoms with E-state index in [0.29, 0.717) is 5.41 Å². The van der Waals surface area contributed by atoms with Crippen molar-refractivity contribution in [1.29, 1.82) is 0 Å². The number of likely N-dealkylation sites (tertiary alicyclic amines) is 1. The largest absolute Gasteiger partial charge is 0.396 e. The molecule has 1 atom stereocenters. The third kappa shape index (κ3) is 2.98. The van der Waals surface area contributed by atoms with Gasteiger partial charge in [-0.05, 0) is 50.6 Å². The molecule has 3 rings (SSSR count). The Hall–Kier alpha value is -0.120. The second-order valence-electron chi connectivity index (χ2n) is 7.30. The number of piperidine rings is 1. The molecule has 1 saturated carbocycles. The molecule has 0 aromatic heterocycles. The number of hydrogen-bond donors (Lipinski definition) is 1. The van der Waals surface area contributed by atoms with Crippen LogP contribution in [0.25, 0.3) is 0 Å². The van der Waals surface area contributed by atoms with Gasteiger partial charge in [-0.25, -0.2) is 0 Å². The highest BCUT2D eigenvalue weighted by molar-refractivity contribution is 4.92. The highest BCUT2D eigenvalue weighted by Crippen LogP contribution is 2.45. The summed E-state index contributed by atoms with van der Waals surface area (Å²) in [6, 6.07) is 0. The first kappa shape index (κ1) is 13.8. The number of aliphatic hydroxyl groups excluding tert-OH is 1. The average molecular weight is 267 g/mol. The quantitative estimate of drug-likeness (QED) is 0.852. The van der Waals surface area contributed by atoms with Crippen molar-refractivity contribution < 1.29 is 9.84 Å². The molecule has 1 N–H and O–H groups in total. The van der Waals surface area contributed by atoms with Crippen LogP contribution in [0.3, 0.4) is 0 Å². The van der Waals surface area contributed by atoms with Gasteiger partial charge in [-0.2, -0.15) is 0 Å². The molecule has 0 bridgehead atoms. The first-order valence-corrected chi connectivity index (χ1v) is 8.17. The van der Waals surface area contributed by atoms with Crippen molar-refractivity contribution in [2.24, 2.45) is 10.8 Å². The van der Waals surface area contributed by atoms with Gasteiger partial charge >= 0.3 is 0 Å². The summed E-state index contributed by atoms with van der Waals surface area (Å²) in [4.78, 5) is 2.59. The average Bonchev–Trinajstić information content (AvgIpc) is 2.92. The van der Waals surface area contributed by atoms with Gasteiger partial charge in [0.1, 0.15) is 0 Å². The van der Waals surface area contributed by atoms with E-state index in [-0.39, 0.29) is 12.0 Å². The molecular formula is C16H29NO2. The van der Waals surface area contributed by atoms with Gasteiger partial charge in [-0.1, -0.05) is 19.3 Å². The van der Waals surface area contributed by atoms with Crippen LogP contribution in [0.2, 0.25) is 0 Å². The third-order valence-electron chi connectivity index (χ3n) is 5.91. The van der Waals surface area contributed by atoms with Crippen molar-refractivity contribution in [1.82, 2.24) is 4.90 Å². The van der Waals surface area contributed by atoms with Gasteiger partial charge in [0.25, 0.3) is 0 Å². The van der Waals surface area contributed by atoms with E-state index < -0.39 is 0 Å². The van der Waals surface area contributed by atoms with Gasteiger partial charge in [0.15, 0.2) is 0 Å². The fourth-order valence-electron chi connectivity index (χ4n) is 4.41. The first-order valence-electron chi connectivity index (χ1n) is 8.17. The molecule has 0 radical (unpaired) electrons. The van der Waals surface area contributed by atoms with Crippen LogP contribution in [0.1, 0.15) is 51.4 Å². The molecule has 0 aromatic carbocycles. The summed E-state index contributed by atoms with van der Waals surface area (Å²) in [5.74, 6) is 0. The highest BCUT2D eigenvalue weighted by Gasteiger charge is 2.40. The van der Waals surface area contributed by atoms with Crippen LogP contribution in [0, 0.1) is 10.8 Å². The van der Waals surface area contributed by atoms with Gasteiger partial charge in [0, 0.05) is 18.6 Å². The Morgan fingerprint density at radius 2 is 1.68 bits per heavy atom. The number of rotatable bonds is 3. The van der Waals surface area contributed by atoms with Gasteiger partial charge in [0.2, 0.25) is 0 Å². The number of ether oxygens (including phenoxy) is 1. The first-order chi connectivity index (χ1) is 9.26. The molecule has 1 spiro atoms. The molecule has 2 heterocycles. The normalized spacial score (nSPS) is 35.8. The minimum Gasteiger partial charge on any atom is -0.396 e. The zero-order valence-corrected chi connectivity index (χ0v) is 12.2. The van der Waals surface area contributed by atoms with E-state index in [2.05, 4.69) is 4.90 Å². The molecule has 0 amide bonds. The predicted molar refractivity (Wildman–Crippen MR) is 76.1 cm³/mol. The zero-order chi connectivity index (χ0) is 13.2. The fraction of sp³-hybridized carbons (Fsp3) is 1.00. The Kier molecular flexibility index (Phi) is 4.16. The SMILES string of the molecule is OCC1(CN2CCC3(CCCCC3)CC2)CCOC1. The second-order valence-corrected chi connectivity index (χ2v) is 7.30. The number of nitrogens with zero attached hydrogens (tertiary/aromatic N) is 1. The van der Waals surface area contributed by atoms with Crippen LogP contribution in [0.4, 0.5) is 0 Å². The Labute approximate surface area is 117 Å². The molecule has 3 aliphatic rings. The lowest BCUT2D eigenvalue weighted by molar-refractivity contribution is 0.0163. The predicted octanol–water partition coefficient (Wildman–Crippen LogP) is 2.43. The van der Waals surface area contributed by atoms with Gasteiger partial charge < -0.3 is 14.7 Å². The maximum Gasteiger partial charge on any atom is 0.0557 e. The lowest BCUT2D eigenvalue weighted by Crippen LogP contribution is -2.47. The second kappa shape index (κ2) is 5.71. The van der Waals surface area contributed by atoms with Crippen molar-refractivity contribution in [3.05, 3.63) is 0 Å². The Morgan fingerprint density at radius 3 is 2.26 bits per heavy atom. The van der Waals surface area contributed by atoms with Crippen molar-refractivity contribution in [2.75, 3.05) is 39.5 Å². The monoisotopic (exact) mass is 267 g/mol. The summed E-state index contributed by atoms with van der Waals surface area (Å²) in [5.41, 5.74) is 0.727. The summed E-state index contributed by atoms with van der Waals surface area (Å²) in [6.45, 7) is 5.39. The van der Waals surface area contributed by atoms with Gasteiger partial charge in [-0.15, -0.1) is 0 Å². The standard InChI is InChI=1S/C16H29NO2/c18-13-16(8-11-19-14-16)12-17-9-6-15(7-10-17)4-2-1-3-5-15/h18H,1-14H2. The molecule has 2 saturated heterocycles. The molecule has 1 unspecified atom stereocenters. The van der Waals surface area contributed by atoms with Crippen molar-refractivity contribution in [2.45, 2.75) is 51.4 Å². The maximum absolute atomic E-state index is 9.68. The highest BCUT2D eigenvalue weighted by atomic mass is 16.5. The van der Waals surface area contributed by atoms with Gasteiger partial charge in [0.05, 0.1) is 13.2 Å². The molecule has 0 aromatic rings. The Balaban J connectivity index is 1.52. The van der Waals surface area contributed by atoms with Crippen LogP contribution in [0.15, 0.2) is 0 Å². The van der Waals surface area contributed by atoms with Crippen LogP contribution in [-0.2, 0) is 4.74 Å². The van der Waals surface area contributed by atoms with Crippen molar-refractivity contribution in [3.8, 4) is 0 Å². The minimum absolute atomic E-state index is 0.0388. The van der Waals surface area contributed by atoms with E-state index in [1.54, 1.807) is 0 Å². The summed E-state index contributed by atoms with van der Waals surface area (Å²) in [7, 11) is 0. The van der Waals surface area contributed by atoms with Crippen LogP contribution in [-0.4, -0.2) is 49.5 Å². The summed E-state index contributed by atoms with van der Waals surface area (Å²) in [6.07, 6.45) is 11.1. The molecular weight excluding hydrogens is 238 g/mol. The lowest BCUT2D eigenvalue weighted by atomic mass is 9.68. The Bertz CT molecular complexity index is 283. The molecule has 2 aliphatic heterocycles. The lowest BCUT2D eigenvalue weighted by Gasteiger charge is -2.46. The molecule has 1 aliphatic carbocycles. The fourth-order valence-corrected chi connectivity index (χ4v) is 4.41. The van der Waals surface area contributed by atoms with E-state index in [1.165, 1.54) is 58.0 Å². The summed E-state index contributed by atoms with van der Waals surface area (Å²) >= 11 is 0. The third-order valence-corrected chi connectivity index (χ3v) is 5.91. The van der Waals surface area contributed by atoms with E-state index >= 15 is 0 Å². The molecule has 110 valence electrons. The van der Waals surface area contributed by atoms with E-state index in [0.717, 1.165) is 26.2 Å². The van der Waals surface area contributed by atoms with Crippen molar-refractivity contribution in [3.63, 3.8) is 0 Å². The Morgan fingerprint density at radius 1 is 0.947 bits per heavy atom. The van der Waals surface area contributed by atoms with E-state index in [1.807, 2.05) is 0 Å². The van der Waals surface area contributed by atoms with Crippen molar-refractivity contribution >= 4 is 0 Å². The van der Waals surface area contributed by atoms with E-state index in [9.17, 15) is 5.11 Å². The molecule has 3 nitrogen and oxygen atoms in total. The molecule has 19 heavy (non-hydrogen) atoms. The number of hydrogen-bond acceptors (Lipinski definition) is 3. The summed E-state index contributed by atoms with van der Waals surface area (Å²) < 4.78 is 5.52. The molecule has 3 fully saturated rings. The van der Waals surface area contributed by atoms with Gasteiger partial charge in [-0.3, -0.25) is 0 Å². The van der Waals surface area contributed by atoms with Crippen LogP contribution >= 0.6 is 0 Å². The topological polar surface area (TPSA) is 32.7 Å².